The molecule has 0 aliphatic carbocycles. The maximum absolute atomic E-state index is 10.8. The molecular formula is C15H13NO4. The van der Waals surface area contributed by atoms with Gasteiger partial charge in [-0.2, -0.15) is 0 Å². The van der Waals surface area contributed by atoms with E-state index in [2.05, 4.69) is 4.99 Å². The zero-order valence-corrected chi connectivity index (χ0v) is 10.8. The first-order valence-corrected chi connectivity index (χ1v) is 5.86. The van der Waals surface area contributed by atoms with Gasteiger partial charge in [-0.05, 0) is 30.3 Å². The third-order valence-corrected chi connectivity index (χ3v) is 2.66. The molecule has 20 heavy (non-hydrogen) atoms. The van der Waals surface area contributed by atoms with Gasteiger partial charge in [0.1, 0.15) is 11.3 Å². The van der Waals surface area contributed by atoms with Crippen molar-refractivity contribution in [2.24, 2.45) is 4.99 Å². The van der Waals surface area contributed by atoms with Gasteiger partial charge in [-0.15, -0.1) is 0 Å². The molecule has 2 aromatic carbocycles. The first-order valence-electron chi connectivity index (χ1n) is 5.86. The van der Waals surface area contributed by atoms with Crippen molar-refractivity contribution < 1.29 is 19.7 Å². The number of methoxy groups -OCH3 is 1. The molecule has 2 aromatic rings. The molecule has 2 N–H and O–H groups in total. The lowest BCUT2D eigenvalue weighted by Crippen LogP contribution is -2.05. The van der Waals surface area contributed by atoms with Crippen LogP contribution in [0.3, 0.4) is 0 Å². The second-order valence-corrected chi connectivity index (χ2v) is 3.99. The van der Waals surface area contributed by atoms with Crippen molar-refractivity contribution in [1.82, 2.24) is 0 Å². The van der Waals surface area contributed by atoms with E-state index in [-0.39, 0.29) is 11.3 Å². The first-order chi connectivity index (χ1) is 9.61. The number of aromatic hydroxyl groups is 1. The van der Waals surface area contributed by atoms with Crippen molar-refractivity contribution in [2.75, 3.05) is 7.11 Å². The van der Waals surface area contributed by atoms with Crippen LogP contribution in [-0.4, -0.2) is 29.2 Å². The minimum absolute atomic E-state index is 0.163. The number of aromatic carboxylic acids is 1. The third-order valence-electron chi connectivity index (χ3n) is 2.66. The molecule has 5 nitrogen and oxygen atoms in total. The van der Waals surface area contributed by atoms with E-state index in [1.165, 1.54) is 25.3 Å². The van der Waals surface area contributed by atoms with Crippen LogP contribution in [0, 0.1) is 0 Å². The van der Waals surface area contributed by atoms with Crippen molar-refractivity contribution in [2.45, 2.75) is 0 Å². The van der Waals surface area contributed by atoms with Crippen LogP contribution in [0.5, 0.6) is 5.75 Å². The van der Waals surface area contributed by atoms with E-state index in [4.69, 9.17) is 9.84 Å². The van der Waals surface area contributed by atoms with Crippen LogP contribution < -0.4 is 0 Å². The summed E-state index contributed by atoms with van der Waals surface area (Å²) >= 11 is 0. The lowest BCUT2D eigenvalue weighted by atomic mass is 10.1. The van der Waals surface area contributed by atoms with Crippen LogP contribution in [0.2, 0.25) is 0 Å². The summed E-state index contributed by atoms with van der Waals surface area (Å²) < 4.78 is 5.19. The number of benzene rings is 2. The second-order valence-electron chi connectivity index (χ2n) is 3.99. The average molecular weight is 271 g/mol. The molecule has 0 fully saturated rings. The zero-order valence-electron chi connectivity index (χ0n) is 10.8. The number of para-hydroxylation sites is 1. The van der Waals surface area contributed by atoms with Crippen LogP contribution in [0.15, 0.2) is 53.5 Å². The number of aliphatic imine (C=N–C) groups is 1. The standard InChI is InChI=1S/C15H13NO4/c1-20-14(16-11-5-3-2-4-6-11)10-7-8-12(15(18)19)13(17)9-10/h2-9,17H,1H3,(H,18,19)/b16-14-. The Morgan fingerprint density at radius 1 is 1.15 bits per heavy atom. The fourth-order valence-electron chi connectivity index (χ4n) is 1.69. The van der Waals surface area contributed by atoms with Gasteiger partial charge < -0.3 is 14.9 Å². The average Bonchev–Trinajstić information content (AvgIpc) is 2.45. The molecule has 5 heteroatoms. The van der Waals surface area contributed by atoms with Gasteiger partial charge in [0.05, 0.1) is 12.8 Å². The predicted molar refractivity (Wildman–Crippen MR) is 74.7 cm³/mol. The van der Waals surface area contributed by atoms with Crippen molar-refractivity contribution in [3.05, 3.63) is 59.7 Å². The van der Waals surface area contributed by atoms with Gasteiger partial charge in [0.25, 0.3) is 0 Å². The van der Waals surface area contributed by atoms with E-state index in [0.717, 1.165) is 0 Å². The number of nitrogens with zero attached hydrogens (tertiary/aromatic N) is 1. The van der Waals surface area contributed by atoms with Crippen LogP contribution in [0.4, 0.5) is 5.69 Å². The van der Waals surface area contributed by atoms with Gasteiger partial charge in [0, 0.05) is 5.56 Å². The zero-order chi connectivity index (χ0) is 14.5. The molecule has 0 bridgehead atoms. The lowest BCUT2D eigenvalue weighted by molar-refractivity contribution is 0.0693. The molecular weight excluding hydrogens is 258 g/mol. The van der Waals surface area contributed by atoms with Gasteiger partial charge in [-0.1, -0.05) is 18.2 Å². The smallest absolute Gasteiger partial charge is 0.339 e. The van der Waals surface area contributed by atoms with E-state index >= 15 is 0 Å². The normalized spacial score (nSPS) is 11.2. The van der Waals surface area contributed by atoms with E-state index in [0.29, 0.717) is 17.1 Å². The molecule has 102 valence electrons. The molecule has 0 saturated carbocycles. The maximum atomic E-state index is 10.8. The third kappa shape index (κ3) is 2.95. The highest BCUT2D eigenvalue weighted by atomic mass is 16.5. The second kappa shape index (κ2) is 5.88. The molecule has 0 aromatic heterocycles. The number of carbonyl (C=O) groups is 1. The molecule has 0 aliphatic rings. The summed E-state index contributed by atoms with van der Waals surface area (Å²) in [7, 11) is 1.46. The number of hydrogen-bond donors (Lipinski definition) is 2. The SMILES string of the molecule is CO/C(=N\c1ccccc1)c1ccc(C(=O)O)c(O)c1. The lowest BCUT2D eigenvalue weighted by Gasteiger charge is -2.07. The van der Waals surface area contributed by atoms with Crippen LogP contribution in [-0.2, 0) is 4.74 Å². The van der Waals surface area contributed by atoms with Crippen molar-refractivity contribution in [3.63, 3.8) is 0 Å². The Labute approximate surface area is 115 Å². The molecule has 0 spiro atoms. The molecule has 0 aliphatic heterocycles. The Bertz CT molecular complexity index is 650. The van der Waals surface area contributed by atoms with Crippen LogP contribution in [0.25, 0.3) is 0 Å². The largest absolute Gasteiger partial charge is 0.507 e. The molecule has 0 heterocycles. The Kier molecular flexibility index (Phi) is 4.00. The molecule has 0 amide bonds. The summed E-state index contributed by atoms with van der Waals surface area (Å²) in [5.74, 6) is -1.22. The van der Waals surface area contributed by atoms with Crippen LogP contribution in [0.1, 0.15) is 15.9 Å². The Morgan fingerprint density at radius 2 is 1.85 bits per heavy atom. The fourth-order valence-corrected chi connectivity index (χ4v) is 1.69. The van der Waals surface area contributed by atoms with E-state index in [9.17, 15) is 9.90 Å². The number of ether oxygens (including phenoxy) is 1. The maximum Gasteiger partial charge on any atom is 0.339 e. The van der Waals surface area contributed by atoms with E-state index in [1.54, 1.807) is 0 Å². The molecule has 2 rings (SSSR count). The van der Waals surface area contributed by atoms with Crippen LogP contribution >= 0.6 is 0 Å². The molecule has 0 saturated heterocycles. The fraction of sp³-hybridized carbons (Fsp3) is 0.0667. The highest BCUT2D eigenvalue weighted by Gasteiger charge is 2.12. The quantitative estimate of drug-likeness (QED) is 0.664. The topological polar surface area (TPSA) is 79.1 Å². The summed E-state index contributed by atoms with van der Waals surface area (Å²) in [6.07, 6.45) is 0. The van der Waals surface area contributed by atoms with Crippen molar-refractivity contribution in [3.8, 4) is 5.75 Å². The Hall–Kier alpha value is -2.82. The summed E-state index contributed by atoms with van der Waals surface area (Å²) in [5, 5.41) is 18.5. The first kappa shape index (κ1) is 13.6. The summed E-state index contributed by atoms with van der Waals surface area (Å²) in [6, 6.07) is 13.3. The summed E-state index contributed by atoms with van der Waals surface area (Å²) in [6.45, 7) is 0. The van der Waals surface area contributed by atoms with Gasteiger partial charge in [-0.25, -0.2) is 9.79 Å². The molecule has 0 atom stereocenters. The number of hydrogen-bond acceptors (Lipinski definition) is 4. The van der Waals surface area contributed by atoms with Gasteiger partial charge in [0.15, 0.2) is 0 Å². The predicted octanol–water partition coefficient (Wildman–Crippen LogP) is 2.82. The van der Waals surface area contributed by atoms with Gasteiger partial charge >= 0.3 is 5.97 Å². The number of rotatable bonds is 3. The molecule has 0 radical (unpaired) electrons. The van der Waals surface area contributed by atoms with Gasteiger partial charge in [-0.3, -0.25) is 0 Å². The Morgan fingerprint density at radius 3 is 2.40 bits per heavy atom. The van der Waals surface area contributed by atoms with E-state index in [1.807, 2.05) is 30.3 Å². The Balaban J connectivity index is 2.40. The number of carboxylic acid groups (broad SMARTS) is 1. The van der Waals surface area contributed by atoms with Crippen molar-refractivity contribution in [1.29, 1.82) is 0 Å². The summed E-state index contributed by atoms with van der Waals surface area (Å²) in [5.41, 5.74) is 1.04. The number of carboxylic acids is 1. The highest BCUT2D eigenvalue weighted by molar-refractivity contribution is 5.98. The summed E-state index contributed by atoms with van der Waals surface area (Å²) in [4.78, 5) is 15.1. The monoisotopic (exact) mass is 271 g/mol. The van der Waals surface area contributed by atoms with E-state index < -0.39 is 5.97 Å². The minimum atomic E-state index is -1.19. The van der Waals surface area contributed by atoms with Crippen molar-refractivity contribution >= 4 is 17.6 Å². The highest BCUT2D eigenvalue weighted by Crippen LogP contribution is 2.21. The number of phenols is 1. The minimum Gasteiger partial charge on any atom is -0.507 e. The molecule has 0 unspecified atom stereocenters. The van der Waals surface area contributed by atoms with Gasteiger partial charge in [0.2, 0.25) is 5.90 Å².